The van der Waals surface area contributed by atoms with Gasteiger partial charge in [0.1, 0.15) is 0 Å². The highest BCUT2D eigenvalue weighted by atomic mass is 16.5. The maximum atomic E-state index is 12.7. The third kappa shape index (κ3) is 6.31. The summed E-state index contributed by atoms with van der Waals surface area (Å²) < 4.78 is 5.41. The number of hydrogen-bond donors (Lipinski definition) is 1. The zero-order valence-electron chi connectivity index (χ0n) is 17.7. The molecule has 5 heteroatoms. The van der Waals surface area contributed by atoms with E-state index in [1.54, 1.807) is 0 Å². The smallest absolute Gasteiger partial charge is 0.255 e. The molecule has 1 fully saturated rings. The lowest BCUT2D eigenvalue weighted by atomic mass is 10.1. The SMILES string of the molecule is CCCCN(CC)c1ccc(C(=O)Nc2cccc(CN3CCOCC3)c2)cc1. The molecule has 0 unspecified atom stereocenters. The Kier molecular flexibility index (Phi) is 8.08. The van der Waals surface area contributed by atoms with E-state index in [4.69, 9.17) is 4.74 Å². The second-order valence-electron chi connectivity index (χ2n) is 7.52. The van der Waals surface area contributed by atoms with Crippen molar-refractivity contribution in [2.75, 3.05) is 49.6 Å². The van der Waals surface area contributed by atoms with E-state index in [0.717, 1.165) is 51.6 Å². The average molecular weight is 396 g/mol. The molecule has 1 heterocycles. The molecule has 0 aliphatic carbocycles. The van der Waals surface area contributed by atoms with Crippen molar-refractivity contribution in [3.63, 3.8) is 0 Å². The van der Waals surface area contributed by atoms with E-state index in [1.165, 1.54) is 24.1 Å². The summed E-state index contributed by atoms with van der Waals surface area (Å²) >= 11 is 0. The van der Waals surface area contributed by atoms with Gasteiger partial charge in [0.25, 0.3) is 5.91 Å². The highest BCUT2D eigenvalue weighted by Crippen LogP contribution is 2.18. The lowest BCUT2D eigenvalue weighted by Gasteiger charge is -2.26. The van der Waals surface area contributed by atoms with Crippen LogP contribution >= 0.6 is 0 Å². The van der Waals surface area contributed by atoms with E-state index < -0.39 is 0 Å². The van der Waals surface area contributed by atoms with Gasteiger partial charge in [0.05, 0.1) is 13.2 Å². The molecule has 0 bridgehead atoms. The zero-order valence-corrected chi connectivity index (χ0v) is 17.7. The van der Waals surface area contributed by atoms with Crippen LogP contribution in [-0.4, -0.2) is 50.2 Å². The first-order valence-corrected chi connectivity index (χ1v) is 10.7. The number of unbranched alkanes of at least 4 members (excludes halogenated alkanes) is 1. The Bertz CT molecular complexity index is 770. The largest absolute Gasteiger partial charge is 0.379 e. The van der Waals surface area contributed by atoms with Crippen molar-refractivity contribution in [1.29, 1.82) is 0 Å². The van der Waals surface area contributed by atoms with Gasteiger partial charge in [-0.15, -0.1) is 0 Å². The van der Waals surface area contributed by atoms with Crippen LogP contribution in [0.5, 0.6) is 0 Å². The van der Waals surface area contributed by atoms with Crippen LogP contribution in [0.3, 0.4) is 0 Å². The Balaban J connectivity index is 1.60. The Morgan fingerprint density at radius 2 is 1.86 bits per heavy atom. The molecule has 156 valence electrons. The molecule has 1 aliphatic heterocycles. The Labute approximate surface area is 174 Å². The van der Waals surface area contributed by atoms with Crippen LogP contribution in [0.25, 0.3) is 0 Å². The van der Waals surface area contributed by atoms with Crippen molar-refractivity contribution in [2.45, 2.75) is 33.2 Å². The first-order valence-electron chi connectivity index (χ1n) is 10.7. The van der Waals surface area contributed by atoms with Gasteiger partial charge in [-0.05, 0) is 55.3 Å². The van der Waals surface area contributed by atoms with Gasteiger partial charge in [-0.1, -0.05) is 25.5 Å². The van der Waals surface area contributed by atoms with E-state index in [2.05, 4.69) is 41.1 Å². The highest BCUT2D eigenvalue weighted by molar-refractivity contribution is 6.04. The Morgan fingerprint density at radius 1 is 1.10 bits per heavy atom. The number of nitrogens with one attached hydrogen (secondary N) is 1. The van der Waals surface area contributed by atoms with E-state index in [1.807, 2.05) is 36.4 Å². The molecule has 2 aromatic rings. The molecule has 5 nitrogen and oxygen atoms in total. The summed E-state index contributed by atoms with van der Waals surface area (Å²) in [4.78, 5) is 17.4. The lowest BCUT2D eigenvalue weighted by Crippen LogP contribution is -2.35. The zero-order chi connectivity index (χ0) is 20.5. The van der Waals surface area contributed by atoms with Gasteiger partial charge in [-0.2, -0.15) is 0 Å². The molecule has 1 saturated heterocycles. The second kappa shape index (κ2) is 11.0. The van der Waals surface area contributed by atoms with E-state index >= 15 is 0 Å². The predicted molar refractivity (Wildman–Crippen MR) is 120 cm³/mol. The molecule has 1 N–H and O–H groups in total. The topological polar surface area (TPSA) is 44.8 Å². The van der Waals surface area contributed by atoms with Crippen LogP contribution in [0.2, 0.25) is 0 Å². The van der Waals surface area contributed by atoms with E-state index in [9.17, 15) is 4.79 Å². The van der Waals surface area contributed by atoms with Crippen LogP contribution in [0, 0.1) is 0 Å². The summed E-state index contributed by atoms with van der Waals surface area (Å²) in [5, 5.41) is 3.04. The fourth-order valence-corrected chi connectivity index (χ4v) is 3.61. The maximum absolute atomic E-state index is 12.7. The van der Waals surface area contributed by atoms with Gasteiger partial charge in [0, 0.05) is 49.7 Å². The number of amides is 1. The number of carbonyl (C=O) groups is 1. The Hall–Kier alpha value is -2.37. The fourth-order valence-electron chi connectivity index (χ4n) is 3.61. The standard InChI is InChI=1S/C24H33N3O2/c1-3-5-13-27(4-2)23-11-9-21(10-12-23)24(28)25-22-8-6-7-20(18-22)19-26-14-16-29-17-15-26/h6-12,18H,3-5,13-17,19H2,1-2H3,(H,25,28). The van der Waals surface area contributed by atoms with Gasteiger partial charge >= 0.3 is 0 Å². The van der Waals surface area contributed by atoms with Gasteiger partial charge in [-0.3, -0.25) is 9.69 Å². The molecule has 0 spiro atoms. The number of ether oxygens (including phenoxy) is 1. The molecule has 1 amide bonds. The average Bonchev–Trinajstić information content (AvgIpc) is 2.76. The molecule has 29 heavy (non-hydrogen) atoms. The number of morpholine rings is 1. The lowest BCUT2D eigenvalue weighted by molar-refractivity contribution is 0.0342. The van der Waals surface area contributed by atoms with Gasteiger partial charge in [0.2, 0.25) is 0 Å². The summed E-state index contributed by atoms with van der Waals surface area (Å²) in [6.07, 6.45) is 2.36. The molecular weight excluding hydrogens is 362 g/mol. The third-order valence-corrected chi connectivity index (χ3v) is 5.35. The molecule has 0 aromatic heterocycles. The van der Waals surface area contributed by atoms with Crippen molar-refractivity contribution in [3.05, 3.63) is 59.7 Å². The van der Waals surface area contributed by atoms with Crippen molar-refractivity contribution in [2.24, 2.45) is 0 Å². The summed E-state index contributed by atoms with van der Waals surface area (Å²) in [5.74, 6) is -0.0725. The number of hydrogen-bond acceptors (Lipinski definition) is 4. The van der Waals surface area contributed by atoms with Gasteiger partial charge < -0.3 is 15.0 Å². The molecular formula is C24H33N3O2. The first kappa shape index (κ1) is 21.3. The molecule has 0 atom stereocenters. The van der Waals surface area contributed by atoms with Crippen molar-refractivity contribution in [1.82, 2.24) is 4.90 Å². The second-order valence-corrected chi connectivity index (χ2v) is 7.52. The summed E-state index contributed by atoms with van der Waals surface area (Å²) in [6, 6.07) is 16.0. The Morgan fingerprint density at radius 3 is 2.55 bits per heavy atom. The van der Waals surface area contributed by atoms with Crippen LogP contribution in [0.4, 0.5) is 11.4 Å². The third-order valence-electron chi connectivity index (χ3n) is 5.35. The monoisotopic (exact) mass is 395 g/mol. The van der Waals surface area contributed by atoms with E-state index in [0.29, 0.717) is 5.56 Å². The molecule has 3 rings (SSSR count). The maximum Gasteiger partial charge on any atom is 0.255 e. The molecule has 0 radical (unpaired) electrons. The number of benzene rings is 2. The van der Waals surface area contributed by atoms with Crippen LogP contribution in [0.1, 0.15) is 42.6 Å². The highest BCUT2D eigenvalue weighted by Gasteiger charge is 2.12. The number of carbonyl (C=O) groups excluding carboxylic acids is 1. The van der Waals surface area contributed by atoms with Crippen LogP contribution in [-0.2, 0) is 11.3 Å². The normalized spacial score (nSPS) is 14.6. The number of rotatable bonds is 9. The first-order chi connectivity index (χ1) is 14.2. The number of anilines is 2. The van der Waals surface area contributed by atoms with Gasteiger partial charge in [0.15, 0.2) is 0 Å². The fraction of sp³-hybridized carbons (Fsp3) is 0.458. The number of nitrogens with zero attached hydrogens (tertiary/aromatic N) is 2. The summed E-state index contributed by atoms with van der Waals surface area (Å²) in [6.45, 7) is 10.8. The van der Waals surface area contributed by atoms with Crippen LogP contribution < -0.4 is 10.2 Å². The van der Waals surface area contributed by atoms with Gasteiger partial charge in [-0.25, -0.2) is 0 Å². The van der Waals surface area contributed by atoms with Crippen molar-refractivity contribution >= 4 is 17.3 Å². The predicted octanol–water partition coefficient (Wildman–Crippen LogP) is 4.40. The molecule has 1 aliphatic rings. The minimum atomic E-state index is -0.0725. The van der Waals surface area contributed by atoms with E-state index in [-0.39, 0.29) is 5.91 Å². The minimum Gasteiger partial charge on any atom is -0.379 e. The molecule has 0 saturated carbocycles. The minimum absolute atomic E-state index is 0.0725. The molecule has 2 aromatic carbocycles. The summed E-state index contributed by atoms with van der Waals surface area (Å²) in [5.41, 5.74) is 3.89. The van der Waals surface area contributed by atoms with Crippen molar-refractivity contribution < 1.29 is 9.53 Å². The quantitative estimate of drug-likeness (QED) is 0.684. The van der Waals surface area contributed by atoms with Crippen molar-refractivity contribution in [3.8, 4) is 0 Å². The van der Waals surface area contributed by atoms with Crippen LogP contribution in [0.15, 0.2) is 48.5 Å². The summed E-state index contributed by atoms with van der Waals surface area (Å²) in [7, 11) is 0.